The normalized spacial score (nSPS) is 13.1. The van der Waals surface area contributed by atoms with E-state index < -0.39 is 16.1 Å². The topological polar surface area (TPSA) is 46.2 Å². The fraction of sp³-hybridized carbons (Fsp3) is 0.143. The maximum Gasteiger partial charge on any atom is 0.244 e. The van der Waals surface area contributed by atoms with Crippen LogP contribution in [0.2, 0.25) is 10.0 Å². The van der Waals surface area contributed by atoms with Crippen LogP contribution in [0.15, 0.2) is 51.8 Å². The number of benzene rings is 2. The molecule has 3 nitrogen and oxygen atoms in total. The first-order valence-electron chi connectivity index (χ1n) is 6.03. The lowest BCUT2D eigenvalue weighted by Crippen LogP contribution is -2.27. The van der Waals surface area contributed by atoms with Crippen LogP contribution in [-0.2, 0) is 10.0 Å². The van der Waals surface area contributed by atoms with Gasteiger partial charge in [0.05, 0.1) is 10.0 Å². The molecule has 0 aromatic heterocycles. The molecule has 112 valence electrons. The number of sulfonamides is 1. The van der Waals surface area contributed by atoms with Crippen LogP contribution in [0.4, 0.5) is 0 Å². The second-order valence-electron chi connectivity index (χ2n) is 4.45. The van der Waals surface area contributed by atoms with Crippen molar-refractivity contribution in [2.45, 2.75) is 17.9 Å². The SMILES string of the molecule is C[C@@H](NS(=O)(=O)c1c(Cl)cc(Br)cc1Cl)c1ccccc1. The van der Waals surface area contributed by atoms with Crippen molar-refractivity contribution in [1.29, 1.82) is 0 Å². The van der Waals surface area contributed by atoms with Gasteiger partial charge < -0.3 is 0 Å². The molecule has 7 heteroatoms. The third kappa shape index (κ3) is 3.99. The van der Waals surface area contributed by atoms with Gasteiger partial charge in [-0.3, -0.25) is 0 Å². The molecule has 0 spiro atoms. The van der Waals surface area contributed by atoms with Crippen LogP contribution < -0.4 is 4.72 Å². The number of hydrogen-bond donors (Lipinski definition) is 1. The highest BCUT2D eigenvalue weighted by Gasteiger charge is 2.24. The van der Waals surface area contributed by atoms with Gasteiger partial charge in [-0.2, -0.15) is 0 Å². The van der Waals surface area contributed by atoms with Gasteiger partial charge in [0, 0.05) is 10.5 Å². The third-order valence-electron chi connectivity index (χ3n) is 2.86. The lowest BCUT2D eigenvalue weighted by atomic mass is 10.1. The van der Waals surface area contributed by atoms with E-state index in [0.29, 0.717) is 4.47 Å². The van der Waals surface area contributed by atoms with Crippen molar-refractivity contribution in [3.63, 3.8) is 0 Å². The number of rotatable bonds is 4. The van der Waals surface area contributed by atoms with Crippen molar-refractivity contribution in [3.05, 3.63) is 62.5 Å². The maximum absolute atomic E-state index is 12.5. The van der Waals surface area contributed by atoms with E-state index >= 15 is 0 Å². The van der Waals surface area contributed by atoms with Crippen LogP contribution >= 0.6 is 39.1 Å². The molecule has 21 heavy (non-hydrogen) atoms. The van der Waals surface area contributed by atoms with E-state index in [0.717, 1.165) is 5.56 Å². The van der Waals surface area contributed by atoms with Crippen LogP contribution in [-0.4, -0.2) is 8.42 Å². The summed E-state index contributed by atoms with van der Waals surface area (Å²) in [5.41, 5.74) is 0.852. The minimum atomic E-state index is -3.82. The molecule has 0 unspecified atom stereocenters. The smallest absolute Gasteiger partial charge is 0.207 e. The summed E-state index contributed by atoms with van der Waals surface area (Å²) in [6.07, 6.45) is 0. The van der Waals surface area contributed by atoms with Gasteiger partial charge in [0.2, 0.25) is 10.0 Å². The molecule has 2 rings (SSSR count). The van der Waals surface area contributed by atoms with Crippen molar-refractivity contribution in [1.82, 2.24) is 4.72 Å². The highest BCUT2D eigenvalue weighted by molar-refractivity contribution is 9.10. The van der Waals surface area contributed by atoms with Crippen molar-refractivity contribution in [2.75, 3.05) is 0 Å². The molecule has 0 saturated heterocycles. The summed E-state index contributed by atoms with van der Waals surface area (Å²) >= 11 is 15.2. The Morgan fingerprint density at radius 3 is 2.14 bits per heavy atom. The zero-order valence-corrected chi connectivity index (χ0v) is 14.9. The Bertz CT molecular complexity index is 728. The zero-order valence-electron chi connectivity index (χ0n) is 11.0. The van der Waals surface area contributed by atoms with E-state index in [2.05, 4.69) is 20.7 Å². The van der Waals surface area contributed by atoms with Crippen LogP contribution in [0.25, 0.3) is 0 Å². The van der Waals surface area contributed by atoms with E-state index in [-0.39, 0.29) is 14.9 Å². The van der Waals surface area contributed by atoms with E-state index in [1.165, 1.54) is 12.1 Å². The summed E-state index contributed by atoms with van der Waals surface area (Å²) < 4.78 is 28.1. The molecule has 0 bridgehead atoms. The average molecular weight is 409 g/mol. The molecule has 2 aromatic rings. The predicted octanol–water partition coefficient (Wildman–Crippen LogP) is 4.80. The summed E-state index contributed by atoms with van der Waals surface area (Å²) in [5, 5.41) is 0.143. The molecule has 1 N–H and O–H groups in total. The molecule has 1 atom stereocenters. The largest absolute Gasteiger partial charge is 0.244 e. The van der Waals surface area contributed by atoms with Crippen LogP contribution in [0.3, 0.4) is 0 Å². The summed E-state index contributed by atoms with van der Waals surface area (Å²) in [6, 6.07) is 11.8. The standard InChI is InChI=1S/C14H12BrCl2NO2S/c1-9(10-5-3-2-4-6-10)18-21(19,20)14-12(16)7-11(15)8-13(14)17/h2-9,18H,1H3/t9-/m1/s1. The molecular formula is C14H12BrCl2NO2S. The van der Waals surface area contributed by atoms with Crippen molar-refractivity contribution < 1.29 is 8.42 Å². The first kappa shape index (κ1) is 16.8. The number of halogens is 3. The fourth-order valence-electron chi connectivity index (χ4n) is 1.89. The quantitative estimate of drug-likeness (QED) is 0.789. The Morgan fingerprint density at radius 2 is 1.62 bits per heavy atom. The van der Waals surface area contributed by atoms with E-state index in [4.69, 9.17) is 23.2 Å². The van der Waals surface area contributed by atoms with Gasteiger partial charge in [0.15, 0.2) is 0 Å². The Kier molecular flexibility index (Phi) is 5.33. The molecular weight excluding hydrogens is 397 g/mol. The molecule has 0 saturated carbocycles. The molecule has 0 amide bonds. The van der Waals surface area contributed by atoms with Gasteiger partial charge in [-0.15, -0.1) is 0 Å². The van der Waals surface area contributed by atoms with Gasteiger partial charge in [-0.1, -0.05) is 69.5 Å². The Hall–Kier alpha value is -0.590. The van der Waals surface area contributed by atoms with Gasteiger partial charge in [-0.25, -0.2) is 13.1 Å². The van der Waals surface area contributed by atoms with E-state index in [9.17, 15) is 8.42 Å². The molecule has 0 heterocycles. The minimum absolute atomic E-state index is 0.0714. The monoisotopic (exact) mass is 407 g/mol. The van der Waals surface area contributed by atoms with Crippen molar-refractivity contribution in [2.24, 2.45) is 0 Å². The van der Waals surface area contributed by atoms with Crippen molar-refractivity contribution >= 4 is 49.2 Å². The second kappa shape index (κ2) is 6.67. The van der Waals surface area contributed by atoms with Gasteiger partial charge in [-0.05, 0) is 24.6 Å². The van der Waals surface area contributed by atoms with Crippen LogP contribution in [0, 0.1) is 0 Å². The lowest BCUT2D eigenvalue weighted by Gasteiger charge is -2.16. The highest BCUT2D eigenvalue weighted by atomic mass is 79.9. The lowest BCUT2D eigenvalue weighted by molar-refractivity contribution is 0.567. The molecule has 0 aliphatic rings. The van der Waals surface area contributed by atoms with Crippen LogP contribution in [0.1, 0.15) is 18.5 Å². The number of hydrogen-bond acceptors (Lipinski definition) is 2. The fourth-order valence-corrected chi connectivity index (χ4v) is 5.06. The Labute approximate surface area is 142 Å². The first-order valence-corrected chi connectivity index (χ1v) is 9.06. The molecule has 2 aromatic carbocycles. The zero-order chi connectivity index (χ0) is 15.6. The first-order chi connectivity index (χ1) is 9.81. The summed E-state index contributed by atoms with van der Waals surface area (Å²) in [7, 11) is -3.82. The highest BCUT2D eigenvalue weighted by Crippen LogP contribution is 2.33. The second-order valence-corrected chi connectivity index (χ2v) is 7.83. The van der Waals surface area contributed by atoms with E-state index in [1.54, 1.807) is 6.92 Å². The number of nitrogens with one attached hydrogen (secondary N) is 1. The third-order valence-corrected chi connectivity index (χ3v) is 5.78. The molecule has 0 fully saturated rings. The van der Waals surface area contributed by atoms with E-state index in [1.807, 2.05) is 30.3 Å². The summed E-state index contributed by atoms with van der Waals surface area (Å²) in [6.45, 7) is 1.76. The van der Waals surface area contributed by atoms with Gasteiger partial charge >= 0.3 is 0 Å². The summed E-state index contributed by atoms with van der Waals surface area (Å²) in [5.74, 6) is 0. The average Bonchev–Trinajstić information content (AvgIpc) is 2.37. The molecule has 0 aliphatic carbocycles. The molecule has 0 radical (unpaired) electrons. The minimum Gasteiger partial charge on any atom is -0.207 e. The molecule has 0 aliphatic heterocycles. The maximum atomic E-state index is 12.5. The van der Waals surface area contributed by atoms with Crippen LogP contribution in [0.5, 0.6) is 0 Å². The predicted molar refractivity (Wildman–Crippen MR) is 89.3 cm³/mol. The van der Waals surface area contributed by atoms with Gasteiger partial charge in [0.25, 0.3) is 0 Å². The Morgan fingerprint density at radius 1 is 1.10 bits per heavy atom. The summed E-state index contributed by atoms with van der Waals surface area (Å²) in [4.78, 5) is -0.114. The van der Waals surface area contributed by atoms with Gasteiger partial charge in [0.1, 0.15) is 4.90 Å². The Balaban J connectivity index is 2.36. The van der Waals surface area contributed by atoms with Crippen molar-refractivity contribution in [3.8, 4) is 0 Å².